The lowest BCUT2D eigenvalue weighted by Crippen LogP contribution is -1.90. The molecule has 0 aliphatic heterocycles. The van der Waals surface area contributed by atoms with Gasteiger partial charge < -0.3 is 0 Å². The third-order valence-electron chi connectivity index (χ3n) is 2.91. The second-order valence-electron chi connectivity index (χ2n) is 4.05. The Hall–Kier alpha value is -0.0500. The van der Waals surface area contributed by atoms with Gasteiger partial charge in [-0.25, -0.2) is 0 Å². The van der Waals surface area contributed by atoms with Gasteiger partial charge in [-0.15, -0.1) is 22.9 Å². The maximum atomic E-state index is 6.47. The number of halogens is 2. The molecule has 0 saturated heterocycles. The number of hydrogen-bond acceptors (Lipinski definition) is 1. The largest absolute Gasteiger partial charge is 0.142 e. The van der Waals surface area contributed by atoms with Gasteiger partial charge in [-0.05, 0) is 57.1 Å². The first-order valence-electron chi connectivity index (χ1n) is 5.07. The zero-order valence-electron chi connectivity index (χ0n) is 8.04. The lowest BCUT2D eigenvalue weighted by Gasteiger charge is -2.06. The number of alkyl halides is 1. The molecule has 1 heterocycles. The van der Waals surface area contributed by atoms with E-state index in [0.717, 1.165) is 0 Å². The van der Waals surface area contributed by atoms with E-state index in [1.54, 1.807) is 11.3 Å². The number of rotatable bonds is 2. The average Bonchev–Trinajstić information content (AvgIpc) is 2.98. The Morgan fingerprint density at radius 3 is 2.93 bits per heavy atom. The molecule has 3 heteroatoms. The van der Waals surface area contributed by atoms with Crippen molar-refractivity contribution in [1.82, 2.24) is 0 Å². The quantitative estimate of drug-likeness (QED) is 0.656. The van der Waals surface area contributed by atoms with Crippen molar-refractivity contribution in [1.29, 1.82) is 0 Å². The van der Waals surface area contributed by atoms with Crippen LogP contribution < -0.4 is 0 Å². The highest BCUT2D eigenvalue weighted by molar-refractivity contribution is 9.10. The van der Waals surface area contributed by atoms with Gasteiger partial charge in [0.25, 0.3) is 0 Å². The summed E-state index contributed by atoms with van der Waals surface area (Å²) in [5.74, 6) is 0.712. The number of benzene rings is 1. The molecule has 1 atom stereocenters. The lowest BCUT2D eigenvalue weighted by atomic mass is 10.1. The van der Waals surface area contributed by atoms with Crippen LogP contribution in [-0.4, -0.2) is 0 Å². The molecule has 1 saturated carbocycles. The molecule has 2 aromatic rings. The number of hydrogen-bond donors (Lipinski definition) is 0. The Kier molecular flexibility index (Phi) is 2.54. The molecule has 0 N–H and O–H groups in total. The molecule has 15 heavy (non-hydrogen) atoms. The average molecular weight is 302 g/mol. The van der Waals surface area contributed by atoms with Gasteiger partial charge in [0.2, 0.25) is 0 Å². The Balaban J connectivity index is 2.15. The van der Waals surface area contributed by atoms with Crippen LogP contribution in [0.15, 0.2) is 28.1 Å². The minimum Gasteiger partial charge on any atom is -0.142 e. The standard InChI is InChI=1S/C12H10BrClS/c13-10-3-1-2-8-9(6-15-12(8)10)11(14)7-4-5-7/h1-3,6-7,11H,4-5H2. The van der Waals surface area contributed by atoms with Crippen LogP contribution in [0.2, 0.25) is 0 Å². The summed E-state index contributed by atoms with van der Waals surface area (Å²) in [6.07, 6.45) is 2.58. The molecular weight excluding hydrogens is 292 g/mol. The number of fused-ring (bicyclic) bond motifs is 1. The minimum atomic E-state index is 0.216. The van der Waals surface area contributed by atoms with Gasteiger partial charge in [0, 0.05) is 9.17 Å². The van der Waals surface area contributed by atoms with Gasteiger partial charge in [0.1, 0.15) is 0 Å². The molecule has 1 aromatic carbocycles. The van der Waals surface area contributed by atoms with Crippen molar-refractivity contribution in [3.05, 3.63) is 33.6 Å². The topological polar surface area (TPSA) is 0 Å². The Bertz CT molecular complexity index is 501. The Morgan fingerprint density at radius 1 is 1.40 bits per heavy atom. The predicted octanol–water partition coefficient (Wildman–Crippen LogP) is 5.35. The molecule has 1 aromatic heterocycles. The van der Waals surface area contributed by atoms with Crippen LogP contribution in [0.5, 0.6) is 0 Å². The Morgan fingerprint density at radius 2 is 2.20 bits per heavy atom. The van der Waals surface area contributed by atoms with Crippen LogP contribution in [0.25, 0.3) is 10.1 Å². The van der Waals surface area contributed by atoms with E-state index in [0.29, 0.717) is 5.92 Å². The molecule has 78 valence electrons. The van der Waals surface area contributed by atoms with Gasteiger partial charge in [0.15, 0.2) is 0 Å². The first-order chi connectivity index (χ1) is 7.27. The smallest absolute Gasteiger partial charge is 0.0627 e. The van der Waals surface area contributed by atoms with Crippen molar-refractivity contribution < 1.29 is 0 Å². The van der Waals surface area contributed by atoms with E-state index in [4.69, 9.17) is 11.6 Å². The summed E-state index contributed by atoms with van der Waals surface area (Å²) in [6.45, 7) is 0. The van der Waals surface area contributed by atoms with Crippen LogP contribution in [0.4, 0.5) is 0 Å². The van der Waals surface area contributed by atoms with E-state index in [-0.39, 0.29) is 5.38 Å². The first-order valence-corrected chi connectivity index (χ1v) is 7.18. The highest BCUT2D eigenvalue weighted by Crippen LogP contribution is 2.48. The summed E-state index contributed by atoms with van der Waals surface area (Å²) < 4.78 is 2.50. The van der Waals surface area contributed by atoms with Crippen molar-refractivity contribution >= 4 is 49.0 Å². The molecule has 1 aliphatic rings. The summed E-state index contributed by atoms with van der Waals surface area (Å²) >= 11 is 11.8. The third-order valence-corrected chi connectivity index (χ3v) is 5.48. The molecule has 0 nitrogen and oxygen atoms in total. The second-order valence-corrected chi connectivity index (χ2v) is 6.25. The third kappa shape index (κ3) is 1.73. The van der Waals surface area contributed by atoms with E-state index in [9.17, 15) is 0 Å². The summed E-state index contributed by atoms with van der Waals surface area (Å²) in [5, 5.41) is 3.75. The maximum Gasteiger partial charge on any atom is 0.0627 e. The molecular formula is C12H10BrClS. The SMILES string of the molecule is ClC(c1csc2c(Br)cccc12)C1CC1. The minimum absolute atomic E-state index is 0.216. The van der Waals surface area contributed by atoms with E-state index in [2.05, 4.69) is 39.5 Å². The fourth-order valence-electron chi connectivity index (χ4n) is 1.90. The molecule has 3 rings (SSSR count). The maximum absolute atomic E-state index is 6.47. The van der Waals surface area contributed by atoms with Gasteiger partial charge in [0.05, 0.1) is 5.38 Å². The van der Waals surface area contributed by atoms with Crippen LogP contribution in [0, 0.1) is 5.92 Å². The van der Waals surface area contributed by atoms with Crippen molar-refractivity contribution in [2.75, 3.05) is 0 Å². The molecule has 0 radical (unpaired) electrons. The van der Waals surface area contributed by atoms with E-state index < -0.39 is 0 Å². The second kappa shape index (κ2) is 3.76. The highest BCUT2D eigenvalue weighted by atomic mass is 79.9. The fourth-order valence-corrected chi connectivity index (χ4v) is 4.06. The van der Waals surface area contributed by atoms with Crippen LogP contribution >= 0.6 is 38.9 Å². The van der Waals surface area contributed by atoms with Crippen LogP contribution in [0.3, 0.4) is 0 Å². The summed E-state index contributed by atoms with van der Waals surface area (Å²) in [7, 11) is 0. The molecule has 1 fully saturated rings. The highest BCUT2D eigenvalue weighted by Gasteiger charge is 2.32. The van der Waals surface area contributed by atoms with E-state index in [1.165, 1.54) is 33.0 Å². The van der Waals surface area contributed by atoms with Crippen molar-refractivity contribution in [3.8, 4) is 0 Å². The van der Waals surface area contributed by atoms with Crippen molar-refractivity contribution in [2.45, 2.75) is 18.2 Å². The normalized spacial score (nSPS) is 18.3. The number of thiophene rings is 1. The molecule has 1 aliphatic carbocycles. The summed E-state index contributed by atoms with van der Waals surface area (Å²) in [6, 6.07) is 6.34. The zero-order chi connectivity index (χ0) is 10.4. The van der Waals surface area contributed by atoms with Gasteiger partial charge in [-0.1, -0.05) is 12.1 Å². The molecule has 0 spiro atoms. The van der Waals surface area contributed by atoms with Gasteiger partial charge in [-0.3, -0.25) is 0 Å². The monoisotopic (exact) mass is 300 g/mol. The molecule has 0 amide bonds. The van der Waals surface area contributed by atoms with Crippen LogP contribution in [-0.2, 0) is 0 Å². The van der Waals surface area contributed by atoms with Crippen molar-refractivity contribution in [2.24, 2.45) is 5.92 Å². The van der Waals surface area contributed by atoms with Gasteiger partial charge >= 0.3 is 0 Å². The first kappa shape index (κ1) is 10.1. The fraction of sp³-hybridized carbons (Fsp3) is 0.333. The van der Waals surface area contributed by atoms with Crippen molar-refractivity contribution in [3.63, 3.8) is 0 Å². The predicted molar refractivity (Wildman–Crippen MR) is 70.8 cm³/mol. The summed E-state index contributed by atoms with van der Waals surface area (Å²) in [4.78, 5) is 0. The van der Waals surface area contributed by atoms with Gasteiger partial charge in [-0.2, -0.15) is 0 Å². The van der Waals surface area contributed by atoms with Crippen LogP contribution in [0.1, 0.15) is 23.8 Å². The van der Waals surface area contributed by atoms with E-state index in [1.807, 2.05) is 0 Å². The summed E-state index contributed by atoms with van der Waals surface area (Å²) in [5.41, 5.74) is 1.32. The van der Waals surface area contributed by atoms with E-state index >= 15 is 0 Å². The Labute approximate surface area is 106 Å². The molecule has 1 unspecified atom stereocenters. The lowest BCUT2D eigenvalue weighted by molar-refractivity contribution is 0.806. The zero-order valence-corrected chi connectivity index (χ0v) is 11.2. The molecule has 0 bridgehead atoms.